The van der Waals surface area contributed by atoms with E-state index in [1.54, 1.807) is 0 Å². The molecule has 1 aliphatic heterocycles. The minimum atomic E-state index is 0.720. The molecule has 2 nitrogen and oxygen atoms in total. The maximum absolute atomic E-state index is 3.74. The molecule has 3 rings (SSSR count). The van der Waals surface area contributed by atoms with Crippen molar-refractivity contribution in [1.82, 2.24) is 10.2 Å². The van der Waals surface area contributed by atoms with E-state index in [9.17, 15) is 0 Å². The van der Waals surface area contributed by atoms with Gasteiger partial charge in [0.1, 0.15) is 0 Å². The standard InChI is InChI=1S/C15H28N2/c1-11(2)14-10-17(9-3-8-16-14)15(12-4-5-12)13-6-7-13/h11-16H,3-10H2,1-2H3. The van der Waals surface area contributed by atoms with Crippen LogP contribution < -0.4 is 5.32 Å². The molecule has 3 fully saturated rings. The summed E-state index contributed by atoms with van der Waals surface area (Å²) < 4.78 is 0. The van der Waals surface area contributed by atoms with E-state index < -0.39 is 0 Å². The maximum atomic E-state index is 3.74. The molecular weight excluding hydrogens is 208 g/mol. The number of rotatable bonds is 4. The van der Waals surface area contributed by atoms with Gasteiger partial charge in [-0.3, -0.25) is 4.90 Å². The second kappa shape index (κ2) is 4.89. The van der Waals surface area contributed by atoms with Crippen molar-refractivity contribution in [2.75, 3.05) is 19.6 Å². The Labute approximate surface area is 106 Å². The summed E-state index contributed by atoms with van der Waals surface area (Å²) in [5, 5.41) is 3.74. The van der Waals surface area contributed by atoms with E-state index in [4.69, 9.17) is 0 Å². The molecule has 1 unspecified atom stereocenters. The molecule has 0 radical (unpaired) electrons. The second-order valence-corrected chi connectivity index (χ2v) is 6.82. The lowest BCUT2D eigenvalue weighted by Crippen LogP contribution is -2.46. The third-order valence-corrected chi connectivity index (χ3v) is 4.90. The summed E-state index contributed by atoms with van der Waals surface area (Å²) in [5.41, 5.74) is 0. The molecule has 2 heteroatoms. The van der Waals surface area contributed by atoms with Gasteiger partial charge >= 0.3 is 0 Å². The Hall–Kier alpha value is -0.0800. The van der Waals surface area contributed by atoms with Crippen LogP contribution in [0.2, 0.25) is 0 Å². The van der Waals surface area contributed by atoms with Gasteiger partial charge in [-0.15, -0.1) is 0 Å². The number of hydrogen-bond acceptors (Lipinski definition) is 2. The zero-order valence-electron chi connectivity index (χ0n) is 11.5. The van der Waals surface area contributed by atoms with Gasteiger partial charge in [0.2, 0.25) is 0 Å². The molecule has 0 amide bonds. The maximum Gasteiger partial charge on any atom is 0.0218 e. The molecule has 2 saturated carbocycles. The molecule has 17 heavy (non-hydrogen) atoms. The van der Waals surface area contributed by atoms with Crippen molar-refractivity contribution in [2.24, 2.45) is 17.8 Å². The van der Waals surface area contributed by atoms with Crippen molar-refractivity contribution < 1.29 is 0 Å². The summed E-state index contributed by atoms with van der Waals surface area (Å²) >= 11 is 0. The van der Waals surface area contributed by atoms with Crippen molar-refractivity contribution in [3.05, 3.63) is 0 Å². The molecule has 0 aromatic heterocycles. The van der Waals surface area contributed by atoms with Gasteiger partial charge in [0.15, 0.2) is 0 Å². The highest BCUT2D eigenvalue weighted by molar-refractivity contribution is 4.99. The van der Waals surface area contributed by atoms with Gasteiger partial charge in [0.05, 0.1) is 0 Å². The molecular formula is C15H28N2. The third kappa shape index (κ3) is 2.85. The van der Waals surface area contributed by atoms with Gasteiger partial charge in [0.25, 0.3) is 0 Å². The minimum Gasteiger partial charge on any atom is -0.312 e. The summed E-state index contributed by atoms with van der Waals surface area (Å²) in [5.74, 6) is 2.90. The van der Waals surface area contributed by atoms with Gasteiger partial charge < -0.3 is 5.32 Å². The first-order chi connectivity index (χ1) is 8.25. The van der Waals surface area contributed by atoms with Crippen LogP contribution in [0, 0.1) is 17.8 Å². The Morgan fingerprint density at radius 1 is 1.06 bits per heavy atom. The number of nitrogens with one attached hydrogen (secondary N) is 1. The summed E-state index contributed by atoms with van der Waals surface area (Å²) in [6.45, 7) is 8.60. The Morgan fingerprint density at radius 2 is 1.71 bits per heavy atom. The normalized spacial score (nSPS) is 32.1. The van der Waals surface area contributed by atoms with Crippen molar-refractivity contribution in [1.29, 1.82) is 0 Å². The van der Waals surface area contributed by atoms with Crippen molar-refractivity contribution >= 4 is 0 Å². The van der Waals surface area contributed by atoms with Gasteiger partial charge in [0, 0.05) is 18.6 Å². The fourth-order valence-electron chi connectivity index (χ4n) is 3.55. The zero-order valence-corrected chi connectivity index (χ0v) is 11.5. The van der Waals surface area contributed by atoms with E-state index in [0.29, 0.717) is 0 Å². The SMILES string of the molecule is CC(C)C1CN(C(C2CC2)C2CC2)CCCN1. The molecule has 0 aromatic carbocycles. The van der Waals surface area contributed by atoms with Crippen LogP contribution in [0.15, 0.2) is 0 Å². The van der Waals surface area contributed by atoms with E-state index >= 15 is 0 Å². The molecule has 1 N–H and O–H groups in total. The quantitative estimate of drug-likeness (QED) is 0.807. The van der Waals surface area contributed by atoms with E-state index in [1.807, 2.05) is 0 Å². The molecule has 2 aliphatic carbocycles. The smallest absolute Gasteiger partial charge is 0.0218 e. The lowest BCUT2D eigenvalue weighted by atomic mass is 10.0. The topological polar surface area (TPSA) is 15.3 Å². The molecule has 0 spiro atoms. The Morgan fingerprint density at radius 3 is 2.24 bits per heavy atom. The van der Waals surface area contributed by atoms with Crippen LogP contribution in [0.5, 0.6) is 0 Å². The Kier molecular flexibility index (Phi) is 3.45. The average Bonchev–Trinajstić information content (AvgIpc) is 3.18. The minimum absolute atomic E-state index is 0.720. The van der Waals surface area contributed by atoms with Crippen LogP contribution in [-0.2, 0) is 0 Å². The number of hydrogen-bond donors (Lipinski definition) is 1. The predicted molar refractivity (Wildman–Crippen MR) is 72.1 cm³/mol. The summed E-state index contributed by atoms with van der Waals surface area (Å²) in [6, 6.07) is 1.67. The molecule has 0 aromatic rings. The van der Waals surface area contributed by atoms with Crippen LogP contribution >= 0.6 is 0 Å². The van der Waals surface area contributed by atoms with Gasteiger partial charge in [-0.1, -0.05) is 13.8 Å². The summed E-state index contributed by atoms with van der Waals surface area (Å²) in [7, 11) is 0. The molecule has 1 saturated heterocycles. The highest BCUT2D eigenvalue weighted by atomic mass is 15.2. The molecule has 98 valence electrons. The van der Waals surface area contributed by atoms with E-state index in [1.165, 1.54) is 51.7 Å². The molecule has 1 heterocycles. The fourth-order valence-corrected chi connectivity index (χ4v) is 3.55. The predicted octanol–water partition coefficient (Wildman–Crippen LogP) is 2.49. The Balaban J connectivity index is 1.66. The van der Waals surface area contributed by atoms with Crippen LogP contribution in [0.25, 0.3) is 0 Å². The monoisotopic (exact) mass is 236 g/mol. The fraction of sp³-hybridized carbons (Fsp3) is 1.00. The average molecular weight is 236 g/mol. The molecule has 3 aliphatic rings. The van der Waals surface area contributed by atoms with E-state index in [0.717, 1.165) is 29.8 Å². The highest BCUT2D eigenvalue weighted by Crippen LogP contribution is 2.47. The molecule has 1 atom stereocenters. The number of nitrogens with zero attached hydrogens (tertiary/aromatic N) is 1. The van der Waals surface area contributed by atoms with Crippen LogP contribution in [-0.4, -0.2) is 36.6 Å². The largest absolute Gasteiger partial charge is 0.312 e. The van der Waals surface area contributed by atoms with E-state index in [-0.39, 0.29) is 0 Å². The van der Waals surface area contributed by atoms with Gasteiger partial charge in [-0.25, -0.2) is 0 Å². The van der Waals surface area contributed by atoms with Crippen LogP contribution in [0.1, 0.15) is 46.0 Å². The lowest BCUT2D eigenvalue weighted by molar-refractivity contribution is 0.145. The second-order valence-electron chi connectivity index (χ2n) is 6.82. The Bertz CT molecular complexity index is 244. The zero-order chi connectivity index (χ0) is 11.8. The van der Waals surface area contributed by atoms with E-state index in [2.05, 4.69) is 24.1 Å². The van der Waals surface area contributed by atoms with Gasteiger partial charge in [-0.05, 0) is 62.9 Å². The first-order valence-electron chi connectivity index (χ1n) is 7.73. The molecule has 0 bridgehead atoms. The first-order valence-corrected chi connectivity index (χ1v) is 7.73. The summed E-state index contributed by atoms with van der Waals surface area (Å²) in [6.07, 6.45) is 7.39. The van der Waals surface area contributed by atoms with Crippen LogP contribution in [0.4, 0.5) is 0 Å². The highest BCUT2D eigenvalue weighted by Gasteiger charge is 2.45. The third-order valence-electron chi connectivity index (χ3n) is 4.90. The van der Waals surface area contributed by atoms with Crippen LogP contribution in [0.3, 0.4) is 0 Å². The van der Waals surface area contributed by atoms with Crippen molar-refractivity contribution in [3.63, 3.8) is 0 Å². The van der Waals surface area contributed by atoms with Crippen molar-refractivity contribution in [3.8, 4) is 0 Å². The van der Waals surface area contributed by atoms with Gasteiger partial charge in [-0.2, -0.15) is 0 Å². The lowest BCUT2D eigenvalue weighted by Gasteiger charge is -2.34. The summed E-state index contributed by atoms with van der Waals surface area (Å²) in [4.78, 5) is 2.86. The first kappa shape index (κ1) is 12.0. The van der Waals surface area contributed by atoms with Crippen molar-refractivity contribution in [2.45, 2.75) is 58.0 Å².